The molecule has 0 saturated heterocycles. The molecule has 0 fully saturated rings. The van der Waals surface area contributed by atoms with E-state index in [4.69, 9.17) is 0 Å². The lowest BCUT2D eigenvalue weighted by Crippen LogP contribution is -2.02. The molecule has 0 aliphatic heterocycles. The second kappa shape index (κ2) is 5.23. The molecule has 74 valence electrons. The third kappa shape index (κ3) is 3.06. The van der Waals surface area contributed by atoms with Crippen molar-refractivity contribution in [2.75, 3.05) is 11.9 Å². The van der Waals surface area contributed by atoms with E-state index in [1.54, 1.807) is 6.92 Å². The van der Waals surface area contributed by atoms with E-state index in [9.17, 15) is 8.78 Å². The minimum absolute atomic E-state index is 0.310. The molecule has 1 aromatic rings. The van der Waals surface area contributed by atoms with Gasteiger partial charge < -0.3 is 5.32 Å². The van der Waals surface area contributed by atoms with Gasteiger partial charge >= 0.3 is 0 Å². The Bertz CT molecular complexity index is 363. The smallest absolute Gasteiger partial charge is 0.149 e. The molecule has 0 aliphatic carbocycles. The molecule has 1 nitrogen and oxygen atoms in total. The predicted molar refractivity (Wildman–Crippen MR) is 52.9 cm³/mol. The van der Waals surface area contributed by atoms with E-state index in [2.05, 4.69) is 17.2 Å². The maximum Gasteiger partial charge on any atom is 0.149 e. The fourth-order valence-electron chi connectivity index (χ4n) is 1.02. The second-order valence-corrected chi connectivity index (χ2v) is 2.73. The predicted octanol–water partition coefficient (Wildman–Crippen LogP) is 2.79. The number of hydrogen-bond acceptors (Lipinski definition) is 1. The van der Waals surface area contributed by atoms with Crippen LogP contribution in [0.1, 0.15) is 13.3 Å². The van der Waals surface area contributed by atoms with Crippen LogP contribution in [0.3, 0.4) is 0 Å². The van der Waals surface area contributed by atoms with Crippen LogP contribution in [0.4, 0.5) is 14.5 Å². The van der Waals surface area contributed by atoms with Gasteiger partial charge in [0.2, 0.25) is 0 Å². The summed E-state index contributed by atoms with van der Waals surface area (Å²) in [5, 5.41) is 2.83. The van der Waals surface area contributed by atoms with Crippen LogP contribution >= 0.6 is 0 Å². The lowest BCUT2D eigenvalue weighted by Gasteiger charge is -2.04. The second-order valence-electron chi connectivity index (χ2n) is 2.73. The third-order valence-electron chi connectivity index (χ3n) is 1.67. The molecular weight excluding hydrogens is 184 g/mol. The van der Waals surface area contributed by atoms with Crippen LogP contribution in [-0.2, 0) is 0 Å². The molecule has 0 heterocycles. The number of halogens is 2. The third-order valence-corrected chi connectivity index (χ3v) is 1.67. The standard InChI is InChI=1S/C11H11F2N/c1-2-3-4-7-14-11-6-5-9(12)8-10(11)13/h5-6,8,14H,4,7H2,1H3. The van der Waals surface area contributed by atoms with Gasteiger partial charge in [-0.2, -0.15) is 0 Å². The molecule has 0 atom stereocenters. The summed E-state index contributed by atoms with van der Waals surface area (Å²) in [6.45, 7) is 2.31. The van der Waals surface area contributed by atoms with Crippen molar-refractivity contribution < 1.29 is 8.78 Å². The van der Waals surface area contributed by atoms with Gasteiger partial charge in [0.1, 0.15) is 11.6 Å². The van der Waals surface area contributed by atoms with E-state index in [0.29, 0.717) is 18.7 Å². The Labute approximate surface area is 82.1 Å². The molecule has 0 radical (unpaired) electrons. The van der Waals surface area contributed by atoms with E-state index >= 15 is 0 Å². The summed E-state index contributed by atoms with van der Waals surface area (Å²) in [5.74, 6) is 4.43. The number of benzene rings is 1. The van der Waals surface area contributed by atoms with Gasteiger partial charge in [-0.3, -0.25) is 0 Å². The van der Waals surface area contributed by atoms with Crippen LogP contribution in [0, 0.1) is 23.5 Å². The quantitative estimate of drug-likeness (QED) is 0.577. The zero-order chi connectivity index (χ0) is 10.4. The van der Waals surface area contributed by atoms with Gasteiger partial charge in [-0.25, -0.2) is 8.78 Å². The molecule has 0 amide bonds. The molecule has 0 saturated carbocycles. The highest BCUT2D eigenvalue weighted by atomic mass is 19.1. The van der Waals surface area contributed by atoms with E-state index in [0.717, 1.165) is 6.07 Å². The van der Waals surface area contributed by atoms with Gasteiger partial charge in [0.05, 0.1) is 5.69 Å². The van der Waals surface area contributed by atoms with Crippen molar-refractivity contribution in [2.45, 2.75) is 13.3 Å². The van der Waals surface area contributed by atoms with Crippen molar-refractivity contribution >= 4 is 5.69 Å². The van der Waals surface area contributed by atoms with Gasteiger partial charge in [0.25, 0.3) is 0 Å². The lowest BCUT2D eigenvalue weighted by atomic mass is 10.3. The van der Waals surface area contributed by atoms with Crippen LogP contribution in [0.15, 0.2) is 18.2 Å². The molecule has 0 spiro atoms. The highest BCUT2D eigenvalue weighted by Gasteiger charge is 2.01. The molecule has 1 aromatic carbocycles. The Morgan fingerprint density at radius 2 is 2.14 bits per heavy atom. The van der Waals surface area contributed by atoms with Crippen molar-refractivity contribution in [1.82, 2.24) is 0 Å². The summed E-state index contributed by atoms with van der Waals surface area (Å²) < 4.78 is 25.5. The molecule has 0 aliphatic rings. The van der Waals surface area contributed by atoms with E-state index in [-0.39, 0.29) is 0 Å². The average Bonchev–Trinajstić information content (AvgIpc) is 2.15. The van der Waals surface area contributed by atoms with Crippen molar-refractivity contribution in [3.63, 3.8) is 0 Å². The topological polar surface area (TPSA) is 12.0 Å². The fourth-order valence-corrected chi connectivity index (χ4v) is 1.02. The summed E-state index contributed by atoms with van der Waals surface area (Å²) in [7, 11) is 0. The summed E-state index contributed by atoms with van der Waals surface area (Å²) in [6.07, 6.45) is 0.646. The monoisotopic (exact) mass is 195 g/mol. The molecular formula is C11H11F2N. The van der Waals surface area contributed by atoms with Gasteiger partial charge in [-0.05, 0) is 19.1 Å². The van der Waals surface area contributed by atoms with Gasteiger partial charge in [0, 0.05) is 19.0 Å². The number of anilines is 1. The van der Waals surface area contributed by atoms with E-state index in [1.165, 1.54) is 12.1 Å². The number of rotatable bonds is 3. The Balaban J connectivity index is 2.53. The fraction of sp³-hybridized carbons (Fsp3) is 0.273. The summed E-state index contributed by atoms with van der Waals surface area (Å²) in [6, 6.07) is 3.45. The van der Waals surface area contributed by atoms with Crippen LogP contribution in [0.25, 0.3) is 0 Å². The largest absolute Gasteiger partial charge is 0.382 e. The summed E-state index contributed by atoms with van der Waals surface area (Å²) in [4.78, 5) is 0. The highest BCUT2D eigenvalue weighted by molar-refractivity contribution is 5.44. The van der Waals surface area contributed by atoms with Crippen LogP contribution in [0.2, 0.25) is 0 Å². The summed E-state index contributed by atoms with van der Waals surface area (Å²) in [5.41, 5.74) is 0.310. The maximum absolute atomic E-state index is 13.0. The minimum Gasteiger partial charge on any atom is -0.382 e. The number of hydrogen-bond donors (Lipinski definition) is 1. The number of nitrogens with one attached hydrogen (secondary N) is 1. The minimum atomic E-state index is -0.575. The van der Waals surface area contributed by atoms with Crippen molar-refractivity contribution in [1.29, 1.82) is 0 Å². The Hall–Kier alpha value is -1.56. The van der Waals surface area contributed by atoms with Crippen molar-refractivity contribution in [2.24, 2.45) is 0 Å². The first-order chi connectivity index (χ1) is 6.74. The van der Waals surface area contributed by atoms with Crippen LogP contribution < -0.4 is 5.32 Å². The molecule has 0 bridgehead atoms. The molecule has 14 heavy (non-hydrogen) atoms. The molecule has 3 heteroatoms. The lowest BCUT2D eigenvalue weighted by molar-refractivity contribution is 0.585. The molecule has 1 rings (SSSR count). The molecule has 0 aromatic heterocycles. The van der Waals surface area contributed by atoms with E-state index < -0.39 is 11.6 Å². The zero-order valence-corrected chi connectivity index (χ0v) is 7.90. The van der Waals surface area contributed by atoms with Crippen molar-refractivity contribution in [3.8, 4) is 11.8 Å². The first kappa shape index (κ1) is 10.5. The maximum atomic E-state index is 13.0. The average molecular weight is 195 g/mol. The van der Waals surface area contributed by atoms with E-state index in [1.807, 2.05) is 0 Å². The molecule has 1 N–H and O–H groups in total. The van der Waals surface area contributed by atoms with Gasteiger partial charge in [0.15, 0.2) is 0 Å². The summed E-state index contributed by atoms with van der Waals surface area (Å²) >= 11 is 0. The van der Waals surface area contributed by atoms with Crippen molar-refractivity contribution in [3.05, 3.63) is 29.8 Å². The van der Waals surface area contributed by atoms with Crippen LogP contribution in [0.5, 0.6) is 0 Å². The van der Waals surface area contributed by atoms with Gasteiger partial charge in [-0.15, -0.1) is 11.8 Å². The first-order valence-corrected chi connectivity index (χ1v) is 4.32. The molecule has 0 unspecified atom stereocenters. The Morgan fingerprint density at radius 1 is 1.36 bits per heavy atom. The Morgan fingerprint density at radius 3 is 2.79 bits per heavy atom. The normalized spacial score (nSPS) is 9.07. The Kier molecular flexibility index (Phi) is 3.93. The SMILES string of the molecule is CC#CCCNc1ccc(F)cc1F. The van der Waals surface area contributed by atoms with Crippen LogP contribution in [-0.4, -0.2) is 6.54 Å². The first-order valence-electron chi connectivity index (χ1n) is 4.32. The van der Waals surface area contributed by atoms with Gasteiger partial charge in [-0.1, -0.05) is 0 Å². The zero-order valence-electron chi connectivity index (χ0n) is 7.90. The highest BCUT2D eigenvalue weighted by Crippen LogP contribution is 2.14.